The average molecular weight is 611 g/mol. The molecule has 0 unspecified atom stereocenters. The number of benzene rings is 1. The second-order valence-electron chi connectivity index (χ2n) is 12.0. The van der Waals surface area contributed by atoms with Crippen molar-refractivity contribution in [2.45, 2.75) is 96.4 Å². The molecule has 2 aliphatic rings. The normalized spacial score (nSPS) is 24.3. The number of anilines is 1. The van der Waals surface area contributed by atoms with E-state index in [0.29, 0.717) is 18.0 Å². The number of aliphatic hydroxyl groups is 1. The summed E-state index contributed by atoms with van der Waals surface area (Å²) in [5.41, 5.74) is 0.751. The van der Waals surface area contributed by atoms with Gasteiger partial charge in [-0.3, -0.25) is 4.79 Å². The highest BCUT2D eigenvalue weighted by molar-refractivity contribution is 7.88. The summed E-state index contributed by atoms with van der Waals surface area (Å²) in [6.45, 7) is 6.19. The van der Waals surface area contributed by atoms with E-state index in [4.69, 9.17) is 9.47 Å². The number of aliphatic hydroxyl groups excluding tert-OH is 1. The number of hydrogen-bond acceptors (Lipinski definition) is 7. The first-order valence-electron chi connectivity index (χ1n) is 15.2. The van der Waals surface area contributed by atoms with Crippen molar-refractivity contribution in [1.29, 1.82) is 0 Å². The van der Waals surface area contributed by atoms with Crippen molar-refractivity contribution >= 4 is 27.6 Å². The fourth-order valence-corrected chi connectivity index (χ4v) is 5.87. The molecule has 0 spiro atoms. The Kier molecular flexibility index (Phi) is 12.9. The number of hydrogen-bond donors (Lipinski definition) is 3. The Morgan fingerprint density at radius 1 is 1.14 bits per heavy atom. The number of nitrogens with zero attached hydrogens (tertiary/aromatic N) is 2. The first-order valence-corrected chi connectivity index (χ1v) is 17.1. The van der Waals surface area contributed by atoms with Crippen LogP contribution in [0.4, 0.5) is 10.5 Å². The lowest BCUT2D eigenvalue weighted by Crippen LogP contribution is -2.48. The summed E-state index contributed by atoms with van der Waals surface area (Å²) in [6.07, 6.45) is 8.17. The summed E-state index contributed by atoms with van der Waals surface area (Å²) in [7, 11) is -1.91. The fraction of sp³-hybridized carbons (Fsp3) is 0.733. The number of carbonyl (C=O) groups is 2. The third-order valence-electron chi connectivity index (χ3n) is 8.25. The van der Waals surface area contributed by atoms with Gasteiger partial charge in [0.05, 0.1) is 36.7 Å². The zero-order valence-electron chi connectivity index (χ0n) is 25.8. The van der Waals surface area contributed by atoms with Crippen molar-refractivity contribution in [3.63, 3.8) is 0 Å². The van der Waals surface area contributed by atoms with Gasteiger partial charge in [-0.15, -0.1) is 0 Å². The van der Waals surface area contributed by atoms with E-state index in [9.17, 15) is 23.1 Å². The molecule has 238 valence electrons. The van der Waals surface area contributed by atoms with Gasteiger partial charge in [-0.25, -0.2) is 17.5 Å². The van der Waals surface area contributed by atoms with Gasteiger partial charge in [-0.05, 0) is 64.2 Å². The lowest BCUT2D eigenvalue weighted by atomic mass is 9.96. The van der Waals surface area contributed by atoms with Crippen LogP contribution in [0.25, 0.3) is 0 Å². The van der Waals surface area contributed by atoms with Crippen LogP contribution in [-0.2, 0) is 14.8 Å². The van der Waals surface area contributed by atoms with Crippen LogP contribution in [0.3, 0.4) is 0 Å². The smallest absolute Gasteiger partial charge is 0.319 e. The number of amides is 3. The van der Waals surface area contributed by atoms with E-state index in [0.717, 1.165) is 51.2 Å². The van der Waals surface area contributed by atoms with E-state index < -0.39 is 22.2 Å². The Morgan fingerprint density at radius 2 is 1.83 bits per heavy atom. The lowest BCUT2D eigenvalue weighted by Gasteiger charge is -2.35. The SMILES string of the molecule is C[C@@H]1CCCCO[C@H](CN(C)S(C)(=O)=O)[C@@H](C)CN([C@@H](C)CO)C(=O)c2cc(NC(=O)NC3CCCCC3)ccc2O1. The first-order chi connectivity index (χ1) is 19.9. The van der Waals surface area contributed by atoms with Gasteiger partial charge in [0.1, 0.15) is 5.75 Å². The molecule has 0 bridgehead atoms. The van der Waals surface area contributed by atoms with Crippen LogP contribution in [0.5, 0.6) is 5.75 Å². The third-order valence-corrected chi connectivity index (χ3v) is 9.53. The van der Waals surface area contributed by atoms with Crippen molar-refractivity contribution in [3.8, 4) is 5.75 Å². The molecule has 3 rings (SSSR count). The Balaban J connectivity index is 1.91. The molecule has 1 aromatic carbocycles. The molecule has 12 heteroatoms. The van der Waals surface area contributed by atoms with Crippen molar-refractivity contribution in [2.75, 3.05) is 44.9 Å². The van der Waals surface area contributed by atoms with Gasteiger partial charge in [-0.2, -0.15) is 0 Å². The summed E-state index contributed by atoms with van der Waals surface area (Å²) in [5.74, 6) is -0.189. The highest BCUT2D eigenvalue weighted by Gasteiger charge is 2.31. The van der Waals surface area contributed by atoms with Crippen LogP contribution in [-0.4, -0.2) is 98.6 Å². The number of ether oxygens (including phenoxy) is 2. The van der Waals surface area contributed by atoms with Crippen molar-refractivity contribution < 1.29 is 32.6 Å². The second-order valence-corrected chi connectivity index (χ2v) is 14.1. The van der Waals surface area contributed by atoms with Crippen LogP contribution in [0.2, 0.25) is 0 Å². The monoisotopic (exact) mass is 610 g/mol. The molecule has 3 amide bonds. The minimum Gasteiger partial charge on any atom is -0.490 e. The highest BCUT2D eigenvalue weighted by atomic mass is 32.2. The number of nitrogens with one attached hydrogen (secondary N) is 2. The standard InChI is InChI=1S/C30H50N4O7S/c1-21-18-34(22(2)20-35)29(36)26-17-25(32-30(37)31-24-12-7-6-8-13-24)14-15-27(26)41-23(3)11-9-10-16-40-28(21)19-33(4)42(5,38)39/h14-15,17,21-24,28,35H,6-13,16,18-20H2,1-5H3,(H2,31,32,37)/t21-,22-,23+,28+/m0/s1. The van der Waals surface area contributed by atoms with Gasteiger partial charge < -0.3 is 30.1 Å². The number of likely N-dealkylation sites (N-methyl/N-ethyl adjacent to an activating group) is 1. The number of fused-ring (bicyclic) bond motifs is 1. The molecular weight excluding hydrogens is 560 g/mol. The Bertz CT molecular complexity index is 1140. The van der Waals surface area contributed by atoms with Crippen molar-refractivity contribution in [2.24, 2.45) is 5.92 Å². The third kappa shape index (κ3) is 10.1. The lowest BCUT2D eigenvalue weighted by molar-refractivity contribution is -0.00828. The van der Waals surface area contributed by atoms with E-state index in [1.807, 2.05) is 13.8 Å². The summed E-state index contributed by atoms with van der Waals surface area (Å²) in [6, 6.07) is 4.37. The zero-order valence-corrected chi connectivity index (χ0v) is 26.6. The van der Waals surface area contributed by atoms with Gasteiger partial charge in [-0.1, -0.05) is 26.2 Å². The fourth-order valence-electron chi connectivity index (χ4n) is 5.45. The number of urea groups is 1. The van der Waals surface area contributed by atoms with E-state index >= 15 is 0 Å². The maximum Gasteiger partial charge on any atom is 0.319 e. The highest BCUT2D eigenvalue weighted by Crippen LogP contribution is 2.29. The van der Waals surface area contributed by atoms with Gasteiger partial charge >= 0.3 is 6.03 Å². The number of sulfonamides is 1. The predicted octanol–water partition coefficient (Wildman–Crippen LogP) is 3.83. The van der Waals surface area contributed by atoms with Crippen molar-refractivity contribution in [3.05, 3.63) is 23.8 Å². The molecule has 1 heterocycles. The minimum atomic E-state index is -3.43. The molecule has 1 aliphatic carbocycles. The van der Waals surface area contributed by atoms with Gasteiger partial charge in [0, 0.05) is 44.4 Å². The van der Waals surface area contributed by atoms with Gasteiger partial charge in [0.25, 0.3) is 5.91 Å². The molecule has 3 N–H and O–H groups in total. The van der Waals surface area contributed by atoms with Gasteiger partial charge in [0.15, 0.2) is 0 Å². The molecule has 1 saturated carbocycles. The largest absolute Gasteiger partial charge is 0.490 e. The Labute approximate surface area is 251 Å². The van der Waals surface area contributed by atoms with Crippen molar-refractivity contribution in [1.82, 2.24) is 14.5 Å². The van der Waals surface area contributed by atoms with Crippen LogP contribution >= 0.6 is 0 Å². The van der Waals surface area contributed by atoms with E-state index in [1.165, 1.54) is 17.8 Å². The zero-order chi connectivity index (χ0) is 30.9. The summed E-state index contributed by atoms with van der Waals surface area (Å²) in [5, 5.41) is 16.0. The molecule has 1 aromatic rings. The summed E-state index contributed by atoms with van der Waals surface area (Å²) < 4.78 is 38.0. The van der Waals surface area contributed by atoms with Crippen LogP contribution < -0.4 is 15.4 Å². The Hall–Kier alpha value is -2.41. The molecule has 42 heavy (non-hydrogen) atoms. The summed E-state index contributed by atoms with van der Waals surface area (Å²) >= 11 is 0. The molecule has 1 fully saturated rings. The summed E-state index contributed by atoms with van der Waals surface area (Å²) in [4.78, 5) is 28.5. The quantitative estimate of drug-likeness (QED) is 0.427. The maximum absolute atomic E-state index is 14.2. The second kappa shape index (κ2) is 15.9. The molecule has 4 atom stereocenters. The predicted molar refractivity (Wildman–Crippen MR) is 163 cm³/mol. The van der Waals surface area contributed by atoms with Crippen LogP contribution in [0.1, 0.15) is 82.5 Å². The first kappa shape index (κ1) is 34.1. The number of rotatable bonds is 7. The minimum absolute atomic E-state index is 0.140. The van der Waals surface area contributed by atoms with E-state index in [1.54, 1.807) is 30.0 Å². The average Bonchev–Trinajstić information content (AvgIpc) is 2.94. The van der Waals surface area contributed by atoms with Crippen LogP contribution in [0, 0.1) is 5.92 Å². The molecule has 0 aromatic heterocycles. The molecule has 1 aliphatic heterocycles. The molecule has 0 saturated heterocycles. The molecule has 0 radical (unpaired) electrons. The maximum atomic E-state index is 14.2. The topological polar surface area (TPSA) is 138 Å². The Morgan fingerprint density at radius 3 is 2.50 bits per heavy atom. The van der Waals surface area contributed by atoms with E-state index in [2.05, 4.69) is 10.6 Å². The van der Waals surface area contributed by atoms with Gasteiger partial charge in [0.2, 0.25) is 10.0 Å². The number of carbonyl (C=O) groups excluding carboxylic acids is 2. The van der Waals surface area contributed by atoms with E-state index in [-0.39, 0.29) is 55.3 Å². The molecular formula is C30H50N4O7S. The van der Waals surface area contributed by atoms with Crippen LogP contribution in [0.15, 0.2) is 18.2 Å². The molecule has 11 nitrogen and oxygen atoms in total.